The third kappa shape index (κ3) is 3.86. The van der Waals surface area contributed by atoms with Gasteiger partial charge in [0.05, 0.1) is 11.2 Å². The molecule has 0 saturated heterocycles. The fraction of sp³-hybridized carbons (Fsp3) is 0.192. The molecule has 4 aromatic rings. The van der Waals surface area contributed by atoms with Gasteiger partial charge in [0.2, 0.25) is 0 Å². The van der Waals surface area contributed by atoms with Crippen molar-refractivity contribution in [3.63, 3.8) is 0 Å². The summed E-state index contributed by atoms with van der Waals surface area (Å²) in [5, 5.41) is 10.1. The number of benzene rings is 2. The van der Waals surface area contributed by atoms with E-state index in [1.54, 1.807) is 29.8 Å². The topological polar surface area (TPSA) is 61.9 Å². The molecule has 1 aliphatic carbocycles. The molecular weight excluding hydrogens is 420 g/mol. The fourth-order valence-electron chi connectivity index (χ4n) is 3.98. The number of anilines is 2. The highest BCUT2D eigenvalue weighted by molar-refractivity contribution is 6.30. The normalized spacial score (nSPS) is 13.2. The Bertz CT molecular complexity index is 1410. The average molecular weight is 441 g/mol. The molecule has 1 fully saturated rings. The number of pyridine rings is 2. The van der Waals surface area contributed by atoms with Crippen LogP contribution in [0.2, 0.25) is 5.02 Å². The molecule has 5 rings (SSSR count). The summed E-state index contributed by atoms with van der Waals surface area (Å²) in [5.74, 6) is 0.576. The lowest BCUT2D eigenvalue weighted by molar-refractivity contribution is 0.811. The van der Waals surface area contributed by atoms with Gasteiger partial charge in [-0.15, -0.1) is 0 Å². The molecule has 32 heavy (non-hydrogen) atoms. The number of nitriles is 1. The van der Waals surface area contributed by atoms with Crippen molar-refractivity contribution in [1.82, 2.24) is 9.55 Å². The standard InChI is InChI=1S/C26H21ClN4O/c1-30-23-12-11-21(15-28)29-26(23)24(14-25(30)32)31(16-17-5-6-17)22-4-2-3-19(13-22)18-7-9-20(27)10-8-18/h2-4,7-14,17H,5-6,16H2,1H3. The highest BCUT2D eigenvalue weighted by Crippen LogP contribution is 2.38. The van der Waals surface area contributed by atoms with Crippen molar-refractivity contribution in [3.05, 3.63) is 87.8 Å². The van der Waals surface area contributed by atoms with Gasteiger partial charge in [-0.05, 0) is 66.3 Å². The molecule has 0 amide bonds. The lowest BCUT2D eigenvalue weighted by atomic mass is 10.0. The lowest BCUT2D eigenvalue weighted by Gasteiger charge is -2.27. The zero-order valence-electron chi connectivity index (χ0n) is 17.6. The zero-order valence-corrected chi connectivity index (χ0v) is 18.4. The molecule has 0 radical (unpaired) electrons. The van der Waals surface area contributed by atoms with Crippen molar-refractivity contribution in [1.29, 1.82) is 5.26 Å². The predicted molar refractivity (Wildman–Crippen MR) is 128 cm³/mol. The highest BCUT2D eigenvalue weighted by Gasteiger charge is 2.27. The van der Waals surface area contributed by atoms with Crippen LogP contribution in [-0.4, -0.2) is 16.1 Å². The summed E-state index contributed by atoms with van der Waals surface area (Å²) in [4.78, 5) is 19.6. The molecule has 0 unspecified atom stereocenters. The zero-order chi connectivity index (χ0) is 22.2. The summed E-state index contributed by atoms with van der Waals surface area (Å²) in [7, 11) is 1.73. The first-order valence-electron chi connectivity index (χ1n) is 10.6. The van der Waals surface area contributed by atoms with E-state index in [1.165, 1.54) is 12.8 Å². The van der Waals surface area contributed by atoms with Gasteiger partial charge in [-0.3, -0.25) is 4.79 Å². The molecule has 2 aromatic heterocycles. The van der Waals surface area contributed by atoms with Crippen LogP contribution >= 0.6 is 11.6 Å². The van der Waals surface area contributed by atoms with Crippen molar-refractivity contribution in [2.45, 2.75) is 12.8 Å². The first-order chi connectivity index (χ1) is 15.5. The second kappa shape index (κ2) is 8.14. The number of fused-ring (bicyclic) bond motifs is 1. The quantitative estimate of drug-likeness (QED) is 0.401. The van der Waals surface area contributed by atoms with E-state index in [2.05, 4.69) is 34.2 Å². The molecule has 0 aliphatic heterocycles. The van der Waals surface area contributed by atoms with Crippen molar-refractivity contribution >= 4 is 34.0 Å². The van der Waals surface area contributed by atoms with Gasteiger partial charge in [0, 0.05) is 30.4 Å². The van der Waals surface area contributed by atoms with Gasteiger partial charge in [-0.1, -0.05) is 35.9 Å². The Kier molecular flexibility index (Phi) is 5.16. The molecule has 1 saturated carbocycles. The van der Waals surface area contributed by atoms with E-state index >= 15 is 0 Å². The van der Waals surface area contributed by atoms with Gasteiger partial charge in [-0.2, -0.15) is 5.26 Å². The van der Waals surface area contributed by atoms with Gasteiger partial charge >= 0.3 is 0 Å². The first kappa shape index (κ1) is 20.3. The third-order valence-corrected chi connectivity index (χ3v) is 6.20. The molecule has 1 aliphatic rings. The molecule has 0 atom stereocenters. The van der Waals surface area contributed by atoms with E-state index in [-0.39, 0.29) is 5.56 Å². The Morgan fingerprint density at radius 2 is 1.88 bits per heavy atom. The molecule has 6 heteroatoms. The predicted octanol–water partition coefficient (Wildman–Crippen LogP) is 5.67. The number of rotatable bonds is 5. The van der Waals surface area contributed by atoms with Crippen molar-refractivity contribution in [2.75, 3.05) is 11.4 Å². The lowest BCUT2D eigenvalue weighted by Crippen LogP contribution is -2.25. The molecule has 2 aromatic carbocycles. The Morgan fingerprint density at radius 3 is 2.59 bits per heavy atom. The Labute approximate surface area is 191 Å². The second-order valence-electron chi connectivity index (χ2n) is 8.21. The highest BCUT2D eigenvalue weighted by atomic mass is 35.5. The van der Waals surface area contributed by atoms with Gasteiger partial charge in [0.25, 0.3) is 5.56 Å². The summed E-state index contributed by atoms with van der Waals surface area (Å²) in [5.41, 5.74) is 5.46. The fourth-order valence-corrected chi connectivity index (χ4v) is 4.10. The molecule has 0 spiro atoms. The van der Waals surface area contributed by atoms with Crippen LogP contribution in [0.3, 0.4) is 0 Å². The van der Waals surface area contributed by atoms with E-state index in [0.717, 1.165) is 29.0 Å². The Morgan fingerprint density at radius 1 is 1.09 bits per heavy atom. The smallest absolute Gasteiger partial charge is 0.252 e. The maximum Gasteiger partial charge on any atom is 0.252 e. The molecular formula is C26H21ClN4O. The SMILES string of the molecule is Cn1c(=O)cc(N(CC2CC2)c2cccc(-c3ccc(Cl)cc3)c2)c2nc(C#N)ccc21. The van der Waals surface area contributed by atoms with Crippen LogP contribution in [0.5, 0.6) is 0 Å². The maximum absolute atomic E-state index is 12.8. The summed E-state index contributed by atoms with van der Waals surface area (Å²) < 4.78 is 1.58. The van der Waals surface area contributed by atoms with Crippen LogP contribution < -0.4 is 10.5 Å². The molecule has 158 valence electrons. The Balaban J connectivity index is 1.69. The van der Waals surface area contributed by atoms with Gasteiger partial charge < -0.3 is 9.47 Å². The van der Waals surface area contributed by atoms with E-state index in [9.17, 15) is 10.1 Å². The third-order valence-electron chi connectivity index (χ3n) is 5.95. The minimum absolute atomic E-state index is 0.103. The monoisotopic (exact) mass is 440 g/mol. The summed E-state index contributed by atoms with van der Waals surface area (Å²) in [6, 6.07) is 23.2. The molecule has 2 heterocycles. The van der Waals surface area contributed by atoms with Crippen molar-refractivity contribution < 1.29 is 0 Å². The second-order valence-corrected chi connectivity index (χ2v) is 8.65. The number of hydrogen-bond donors (Lipinski definition) is 0. The summed E-state index contributed by atoms with van der Waals surface area (Å²) in [6.45, 7) is 0.796. The van der Waals surface area contributed by atoms with Gasteiger partial charge in [0.15, 0.2) is 0 Å². The van der Waals surface area contributed by atoms with Crippen LogP contribution in [0.25, 0.3) is 22.2 Å². The number of aryl methyl sites for hydroxylation is 1. The van der Waals surface area contributed by atoms with Crippen LogP contribution in [0, 0.1) is 17.2 Å². The summed E-state index contributed by atoms with van der Waals surface area (Å²) in [6.07, 6.45) is 2.35. The van der Waals surface area contributed by atoms with Gasteiger partial charge in [0.1, 0.15) is 17.3 Å². The number of hydrogen-bond acceptors (Lipinski definition) is 4. The van der Waals surface area contributed by atoms with E-state index in [1.807, 2.05) is 30.3 Å². The minimum Gasteiger partial charge on any atom is -0.339 e. The van der Waals surface area contributed by atoms with Gasteiger partial charge in [-0.25, -0.2) is 4.98 Å². The van der Waals surface area contributed by atoms with Crippen LogP contribution in [0.15, 0.2) is 71.5 Å². The molecule has 0 bridgehead atoms. The van der Waals surface area contributed by atoms with Crippen molar-refractivity contribution in [2.24, 2.45) is 13.0 Å². The first-order valence-corrected chi connectivity index (χ1v) is 11.0. The van der Waals surface area contributed by atoms with E-state index < -0.39 is 0 Å². The van der Waals surface area contributed by atoms with Crippen LogP contribution in [0.4, 0.5) is 11.4 Å². The number of nitrogens with zero attached hydrogens (tertiary/aromatic N) is 4. The number of aromatic nitrogens is 2. The van der Waals surface area contributed by atoms with Crippen LogP contribution in [0.1, 0.15) is 18.5 Å². The largest absolute Gasteiger partial charge is 0.339 e. The van der Waals surface area contributed by atoms with Crippen LogP contribution in [-0.2, 0) is 7.05 Å². The van der Waals surface area contributed by atoms with E-state index in [0.29, 0.717) is 27.7 Å². The Hall–Kier alpha value is -3.62. The maximum atomic E-state index is 12.8. The minimum atomic E-state index is -0.103. The summed E-state index contributed by atoms with van der Waals surface area (Å²) >= 11 is 6.06. The molecule has 0 N–H and O–H groups in total. The number of halogens is 1. The molecule has 5 nitrogen and oxygen atoms in total. The van der Waals surface area contributed by atoms with Crippen molar-refractivity contribution in [3.8, 4) is 17.2 Å². The average Bonchev–Trinajstić information content (AvgIpc) is 3.64. The van der Waals surface area contributed by atoms with E-state index in [4.69, 9.17) is 11.6 Å².